The number of amides is 1. The monoisotopic (exact) mass is 391 g/mol. The van der Waals surface area contributed by atoms with E-state index in [2.05, 4.69) is 10.2 Å². The number of hydrogen-bond acceptors (Lipinski definition) is 5. The molecule has 146 valence electrons. The fraction of sp³-hybridized carbons (Fsp3) is 0.765. The van der Waals surface area contributed by atoms with E-state index in [4.69, 9.17) is 4.98 Å². The number of nitrogens with zero attached hydrogens (tertiary/aromatic N) is 2. The lowest BCUT2D eigenvalue weighted by Gasteiger charge is -2.36. The highest BCUT2D eigenvalue weighted by atomic mass is 32.1. The van der Waals surface area contributed by atoms with Gasteiger partial charge in [0.1, 0.15) is 5.01 Å². The van der Waals surface area contributed by atoms with Crippen molar-refractivity contribution in [2.24, 2.45) is 0 Å². The Morgan fingerprint density at radius 1 is 1.35 bits per heavy atom. The molecule has 2 atom stereocenters. The van der Waals surface area contributed by atoms with Gasteiger partial charge >= 0.3 is 6.18 Å². The van der Waals surface area contributed by atoms with Crippen molar-refractivity contribution in [3.05, 3.63) is 15.6 Å². The number of thiazole rings is 1. The third-order valence-corrected chi connectivity index (χ3v) is 6.03. The SMILES string of the molecule is O=C(CCC(F)(F)F)N[C@@H]1CN(Cc2nc3c(s2)CCCC3)CC[C@H]1O. The van der Waals surface area contributed by atoms with Gasteiger partial charge in [-0.25, -0.2) is 4.98 Å². The molecular formula is C17H24F3N3O2S. The lowest BCUT2D eigenvalue weighted by atomic mass is 10.0. The average molecular weight is 391 g/mol. The van der Waals surface area contributed by atoms with E-state index in [1.165, 1.54) is 23.4 Å². The van der Waals surface area contributed by atoms with E-state index in [1.54, 1.807) is 11.3 Å². The van der Waals surface area contributed by atoms with E-state index < -0.39 is 37.1 Å². The fourth-order valence-corrected chi connectivity index (χ4v) is 4.69. The van der Waals surface area contributed by atoms with Gasteiger partial charge in [-0.1, -0.05) is 0 Å². The minimum atomic E-state index is -4.35. The van der Waals surface area contributed by atoms with Crippen LogP contribution in [0.2, 0.25) is 0 Å². The number of aliphatic hydroxyl groups excluding tert-OH is 1. The Morgan fingerprint density at radius 2 is 2.12 bits per heavy atom. The third kappa shape index (κ3) is 5.40. The molecule has 1 fully saturated rings. The Labute approximate surface area is 154 Å². The maximum atomic E-state index is 12.2. The van der Waals surface area contributed by atoms with Crippen LogP contribution in [-0.4, -0.2) is 52.3 Å². The molecule has 1 aliphatic heterocycles. The van der Waals surface area contributed by atoms with Gasteiger partial charge in [0.25, 0.3) is 0 Å². The lowest BCUT2D eigenvalue weighted by molar-refractivity contribution is -0.145. The molecule has 1 aromatic heterocycles. The molecule has 0 saturated carbocycles. The number of piperidine rings is 1. The van der Waals surface area contributed by atoms with Crippen LogP contribution in [0.1, 0.15) is 47.7 Å². The van der Waals surface area contributed by atoms with Gasteiger partial charge in [-0.2, -0.15) is 13.2 Å². The summed E-state index contributed by atoms with van der Waals surface area (Å²) in [5.74, 6) is -0.669. The Balaban J connectivity index is 1.52. The summed E-state index contributed by atoms with van der Waals surface area (Å²) in [6.07, 6.45) is -1.85. The minimum absolute atomic E-state index is 0.420. The summed E-state index contributed by atoms with van der Waals surface area (Å²) >= 11 is 1.73. The number of rotatable bonds is 5. The number of aliphatic hydroxyl groups is 1. The molecule has 1 aromatic rings. The van der Waals surface area contributed by atoms with E-state index in [-0.39, 0.29) is 0 Å². The summed E-state index contributed by atoms with van der Waals surface area (Å²) in [4.78, 5) is 19.9. The van der Waals surface area contributed by atoms with Crippen LogP contribution in [0.25, 0.3) is 0 Å². The van der Waals surface area contributed by atoms with Crippen molar-refractivity contribution in [3.8, 4) is 0 Å². The van der Waals surface area contributed by atoms with Crippen molar-refractivity contribution in [2.75, 3.05) is 13.1 Å². The largest absolute Gasteiger partial charge is 0.391 e. The maximum absolute atomic E-state index is 12.2. The van der Waals surface area contributed by atoms with E-state index in [9.17, 15) is 23.1 Å². The number of halogens is 3. The molecular weight excluding hydrogens is 367 g/mol. The molecule has 2 heterocycles. The van der Waals surface area contributed by atoms with Crippen LogP contribution >= 0.6 is 11.3 Å². The Hall–Kier alpha value is -1.19. The summed E-state index contributed by atoms with van der Waals surface area (Å²) in [7, 11) is 0. The van der Waals surface area contributed by atoms with Crippen molar-refractivity contribution in [2.45, 2.75) is 69.8 Å². The second kappa shape index (κ2) is 8.22. The molecule has 0 aromatic carbocycles. The minimum Gasteiger partial charge on any atom is -0.391 e. The average Bonchev–Trinajstić information content (AvgIpc) is 2.97. The number of alkyl halides is 3. The first-order valence-electron chi connectivity index (χ1n) is 9.04. The molecule has 1 saturated heterocycles. The van der Waals surface area contributed by atoms with E-state index in [0.29, 0.717) is 26.1 Å². The molecule has 5 nitrogen and oxygen atoms in total. The van der Waals surface area contributed by atoms with Crippen molar-refractivity contribution >= 4 is 17.2 Å². The maximum Gasteiger partial charge on any atom is 0.389 e. The molecule has 2 aliphatic rings. The Morgan fingerprint density at radius 3 is 2.85 bits per heavy atom. The van der Waals surface area contributed by atoms with Gasteiger partial charge in [0.15, 0.2) is 0 Å². The van der Waals surface area contributed by atoms with Crippen LogP contribution in [0.15, 0.2) is 0 Å². The summed E-state index contributed by atoms with van der Waals surface area (Å²) in [6, 6.07) is -0.543. The van der Waals surface area contributed by atoms with Crippen molar-refractivity contribution in [1.82, 2.24) is 15.2 Å². The van der Waals surface area contributed by atoms with E-state index in [0.717, 1.165) is 17.8 Å². The van der Waals surface area contributed by atoms with Gasteiger partial charge in [-0.05, 0) is 32.1 Å². The molecule has 26 heavy (non-hydrogen) atoms. The van der Waals surface area contributed by atoms with Crippen LogP contribution in [0, 0.1) is 0 Å². The fourth-order valence-electron chi connectivity index (χ4n) is 3.49. The first kappa shape index (κ1) is 19.6. The number of hydrogen-bond donors (Lipinski definition) is 2. The Bertz CT molecular complexity index is 612. The zero-order valence-electron chi connectivity index (χ0n) is 14.5. The summed E-state index contributed by atoms with van der Waals surface area (Å²) in [5, 5.41) is 13.7. The standard InChI is InChI=1S/C17H24F3N3O2S/c18-17(19,20)7-5-15(25)21-12-9-23(8-6-13(12)24)10-16-22-11-3-1-2-4-14(11)26-16/h12-13,24H,1-10H2,(H,21,25)/t12-,13-/m1/s1. The first-order valence-corrected chi connectivity index (χ1v) is 9.86. The van der Waals surface area contributed by atoms with Crippen molar-refractivity contribution in [1.29, 1.82) is 0 Å². The third-order valence-electron chi connectivity index (χ3n) is 4.89. The highest BCUT2D eigenvalue weighted by molar-refractivity contribution is 7.11. The molecule has 0 unspecified atom stereocenters. The van der Waals surface area contributed by atoms with Crippen LogP contribution in [0.5, 0.6) is 0 Å². The van der Waals surface area contributed by atoms with Crippen LogP contribution in [-0.2, 0) is 24.2 Å². The first-order chi connectivity index (χ1) is 12.3. The number of nitrogens with one attached hydrogen (secondary N) is 1. The number of aromatic nitrogens is 1. The predicted molar refractivity (Wildman–Crippen MR) is 91.9 cm³/mol. The zero-order valence-corrected chi connectivity index (χ0v) is 15.3. The van der Waals surface area contributed by atoms with Crippen LogP contribution in [0.4, 0.5) is 13.2 Å². The number of likely N-dealkylation sites (tertiary alicyclic amines) is 1. The molecule has 0 radical (unpaired) electrons. The van der Waals surface area contributed by atoms with Gasteiger partial charge in [0.2, 0.25) is 5.91 Å². The zero-order chi connectivity index (χ0) is 18.7. The summed E-state index contributed by atoms with van der Waals surface area (Å²) in [6.45, 7) is 1.75. The smallest absolute Gasteiger partial charge is 0.389 e. The second-order valence-corrected chi connectivity index (χ2v) is 8.23. The van der Waals surface area contributed by atoms with Crippen molar-refractivity contribution in [3.63, 3.8) is 0 Å². The van der Waals surface area contributed by atoms with Gasteiger partial charge in [0, 0.05) is 24.4 Å². The molecule has 1 aliphatic carbocycles. The summed E-state index contributed by atoms with van der Waals surface area (Å²) < 4.78 is 36.7. The number of carbonyl (C=O) groups excluding carboxylic acids is 1. The summed E-state index contributed by atoms with van der Waals surface area (Å²) in [5.41, 5.74) is 1.20. The quantitative estimate of drug-likeness (QED) is 0.809. The number of aryl methyl sites for hydroxylation is 2. The Kier molecular flexibility index (Phi) is 6.19. The molecule has 1 amide bonds. The van der Waals surface area contributed by atoms with Crippen LogP contribution < -0.4 is 5.32 Å². The number of fused-ring (bicyclic) bond motifs is 1. The van der Waals surface area contributed by atoms with Gasteiger partial charge in [0.05, 0.1) is 30.8 Å². The topological polar surface area (TPSA) is 65.5 Å². The van der Waals surface area contributed by atoms with Crippen molar-refractivity contribution < 1.29 is 23.1 Å². The van der Waals surface area contributed by atoms with Gasteiger partial charge in [-0.3, -0.25) is 9.69 Å². The molecule has 2 N–H and O–H groups in total. The number of carbonyl (C=O) groups is 1. The van der Waals surface area contributed by atoms with Crippen LogP contribution in [0.3, 0.4) is 0 Å². The highest BCUT2D eigenvalue weighted by Crippen LogP contribution is 2.28. The second-order valence-electron chi connectivity index (χ2n) is 7.06. The van der Waals surface area contributed by atoms with E-state index in [1.807, 2.05) is 0 Å². The molecule has 9 heteroatoms. The van der Waals surface area contributed by atoms with Gasteiger partial charge < -0.3 is 10.4 Å². The highest BCUT2D eigenvalue weighted by Gasteiger charge is 2.32. The van der Waals surface area contributed by atoms with Gasteiger partial charge in [-0.15, -0.1) is 11.3 Å². The normalized spacial score (nSPS) is 24.3. The molecule has 3 rings (SSSR count). The predicted octanol–water partition coefficient (Wildman–Crippen LogP) is 2.42. The molecule has 0 spiro atoms. The lowest BCUT2D eigenvalue weighted by Crippen LogP contribution is -2.54. The molecule has 0 bridgehead atoms. The van der Waals surface area contributed by atoms with E-state index >= 15 is 0 Å².